The van der Waals surface area contributed by atoms with E-state index in [4.69, 9.17) is 0 Å². The molecule has 0 aromatic heterocycles. The summed E-state index contributed by atoms with van der Waals surface area (Å²) in [7, 11) is 0. The maximum Gasteiger partial charge on any atom is 0.243 e. The van der Waals surface area contributed by atoms with Crippen molar-refractivity contribution in [3.8, 4) is 0 Å². The number of hydrazone groups is 1. The highest BCUT2D eigenvalue weighted by Gasteiger charge is 2.38. The van der Waals surface area contributed by atoms with Crippen LogP contribution in [0.25, 0.3) is 0 Å². The highest BCUT2D eigenvalue weighted by atomic mass is 16.2. The fourth-order valence-corrected chi connectivity index (χ4v) is 1.000. The van der Waals surface area contributed by atoms with Crippen LogP contribution in [0.2, 0.25) is 0 Å². The summed E-state index contributed by atoms with van der Waals surface area (Å²) in [6.07, 6.45) is 1.91. The predicted octanol–water partition coefficient (Wildman–Crippen LogP) is 1.54. The van der Waals surface area contributed by atoms with Crippen LogP contribution in [0.1, 0.15) is 33.6 Å². The normalized spacial score (nSPS) is 28.4. The van der Waals surface area contributed by atoms with E-state index in [1.165, 1.54) is 0 Å². The minimum atomic E-state index is 0.0790. The molecule has 12 heavy (non-hydrogen) atoms. The summed E-state index contributed by atoms with van der Waals surface area (Å²) in [4.78, 5) is 11.2. The first-order valence-electron chi connectivity index (χ1n) is 4.48. The minimum absolute atomic E-state index is 0.0790. The van der Waals surface area contributed by atoms with Crippen LogP contribution in [-0.2, 0) is 4.79 Å². The van der Waals surface area contributed by atoms with Gasteiger partial charge in [0.05, 0.1) is 0 Å². The smallest absolute Gasteiger partial charge is 0.243 e. The zero-order valence-corrected chi connectivity index (χ0v) is 7.92. The van der Waals surface area contributed by atoms with Crippen LogP contribution in [0.15, 0.2) is 5.10 Å². The summed E-state index contributed by atoms with van der Waals surface area (Å²) in [6.45, 7) is 6.02. The average Bonchev–Trinajstić information content (AvgIpc) is 2.77. The van der Waals surface area contributed by atoms with Gasteiger partial charge in [0, 0.05) is 11.6 Å². The molecule has 68 valence electrons. The lowest BCUT2D eigenvalue weighted by Gasteiger charge is -1.98. The molecule has 3 nitrogen and oxygen atoms in total. The Morgan fingerprint density at radius 3 is 2.67 bits per heavy atom. The standard InChI is InChI=1S/C9H16N2O/c1-4-7(3)10-11-9(12)8-5-6(8)2/h6,8H,4-5H2,1-3H3,(H,11,12)/b10-7+. The molecule has 0 bridgehead atoms. The predicted molar refractivity (Wildman–Crippen MR) is 48.8 cm³/mol. The van der Waals surface area contributed by atoms with Gasteiger partial charge in [-0.1, -0.05) is 13.8 Å². The Morgan fingerprint density at radius 1 is 1.67 bits per heavy atom. The van der Waals surface area contributed by atoms with Crippen LogP contribution in [0, 0.1) is 11.8 Å². The first-order valence-corrected chi connectivity index (χ1v) is 4.48. The van der Waals surface area contributed by atoms with Crippen molar-refractivity contribution in [3.05, 3.63) is 0 Å². The number of nitrogens with one attached hydrogen (secondary N) is 1. The van der Waals surface area contributed by atoms with Gasteiger partial charge in [-0.15, -0.1) is 0 Å². The summed E-state index contributed by atoms with van der Waals surface area (Å²) in [6, 6.07) is 0. The highest BCUT2D eigenvalue weighted by Crippen LogP contribution is 2.37. The summed E-state index contributed by atoms with van der Waals surface area (Å²) >= 11 is 0. The van der Waals surface area contributed by atoms with Crippen LogP contribution in [0.3, 0.4) is 0 Å². The van der Waals surface area contributed by atoms with Crippen molar-refractivity contribution in [2.45, 2.75) is 33.6 Å². The van der Waals surface area contributed by atoms with Gasteiger partial charge in [0.25, 0.3) is 0 Å². The van der Waals surface area contributed by atoms with Crippen LogP contribution < -0.4 is 5.43 Å². The Bertz CT molecular complexity index is 211. The van der Waals surface area contributed by atoms with Gasteiger partial charge in [0.1, 0.15) is 0 Å². The van der Waals surface area contributed by atoms with E-state index in [1.54, 1.807) is 0 Å². The molecule has 1 rings (SSSR count). The van der Waals surface area contributed by atoms with Gasteiger partial charge in [-0.05, 0) is 25.7 Å². The second-order valence-electron chi connectivity index (χ2n) is 3.50. The lowest BCUT2D eigenvalue weighted by atomic mass is 10.3. The van der Waals surface area contributed by atoms with Gasteiger partial charge in [0.15, 0.2) is 0 Å². The Kier molecular flexibility index (Phi) is 2.84. The quantitative estimate of drug-likeness (QED) is 0.504. The van der Waals surface area contributed by atoms with E-state index in [1.807, 2.05) is 13.8 Å². The molecule has 2 unspecified atom stereocenters. The van der Waals surface area contributed by atoms with Crippen LogP contribution in [-0.4, -0.2) is 11.6 Å². The van der Waals surface area contributed by atoms with Gasteiger partial charge < -0.3 is 0 Å². The summed E-state index contributed by atoms with van der Waals surface area (Å²) < 4.78 is 0. The molecule has 0 aliphatic heterocycles. The molecule has 1 fully saturated rings. The molecule has 0 heterocycles. The number of rotatable bonds is 3. The first kappa shape index (κ1) is 9.23. The number of hydrogen-bond acceptors (Lipinski definition) is 2. The zero-order chi connectivity index (χ0) is 9.14. The largest absolute Gasteiger partial charge is 0.273 e. The van der Waals surface area contributed by atoms with E-state index in [0.29, 0.717) is 5.92 Å². The van der Waals surface area contributed by atoms with E-state index >= 15 is 0 Å². The average molecular weight is 168 g/mol. The van der Waals surface area contributed by atoms with E-state index in [9.17, 15) is 4.79 Å². The van der Waals surface area contributed by atoms with Gasteiger partial charge in [-0.2, -0.15) is 5.10 Å². The van der Waals surface area contributed by atoms with Crippen molar-refractivity contribution >= 4 is 11.6 Å². The Morgan fingerprint density at radius 2 is 2.25 bits per heavy atom. The fraction of sp³-hybridized carbons (Fsp3) is 0.778. The van der Waals surface area contributed by atoms with E-state index in [0.717, 1.165) is 18.6 Å². The minimum Gasteiger partial charge on any atom is -0.273 e. The molecule has 3 heteroatoms. The fourth-order valence-electron chi connectivity index (χ4n) is 1.000. The van der Waals surface area contributed by atoms with Gasteiger partial charge in [-0.25, -0.2) is 5.43 Å². The molecule has 1 amide bonds. The van der Waals surface area contributed by atoms with Gasteiger partial charge in [-0.3, -0.25) is 4.79 Å². The molecule has 1 aliphatic carbocycles. The lowest BCUT2D eigenvalue weighted by molar-refractivity contribution is -0.122. The Balaban J connectivity index is 2.28. The van der Waals surface area contributed by atoms with Crippen molar-refractivity contribution in [1.29, 1.82) is 0 Å². The monoisotopic (exact) mass is 168 g/mol. The SMILES string of the molecule is CC/C(C)=N/NC(=O)C1CC1C. The maximum absolute atomic E-state index is 11.2. The van der Waals surface area contributed by atoms with Gasteiger partial charge in [0.2, 0.25) is 5.91 Å². The molecule has 1 aliphatic rings. The molecule has 0 aromatic rings. The highest BCUT2D eigenvalue weighted by molar-refractivity contribution is 5.85. The molecular weight excluding hydrogens is 152 g/mol. The van der Waals surface area contributed by atoms with E-state index in [-0.39, 0.29) is 11.8 Å². The second-order valence-corrected chi connectivity index (χ2v) is 3.50. The van der Waals surface area contributed by atoms with Gasteiger partial charge >= 0.3 is 0 Å². The van der Waals surface area contributed by atoms with E-state index < -0.39 is 0 Å². The third-order valence-corrected chi connectivity index (χ3v) is 2.31. The molecule has 0 saturated heterocycles. The lowest BCUT2D eigenvalue weighted by Crippen LogP contribution is -2.21. The first-order chi connectivity index (χ1) is 5.65. The number of amides is 1. The van der Waals surface area contributed by atoms with Crippen molar-refractivity contribution in [2.24, 2.45) is 16.9 Å². The van der Waals surface area contributed by atoms with Crippen molar-refractivity contribution < 1.29 is 4.79 Å². The Hall–Kier alpha value is -0.860. The number of hydrogen-bond donors (Lipinski definition) is 1. The van der Waals surface area contributed by atoms with Crippen molar-refractivity contribution in [2.75, 3.05) is 0 Å². The number of carbonyl (C=O) groups is 1. The molecular formula is C9H16N2O. The molecule has 2 atom stereocenters. The van der Waals surface area contributed by atoms with Crippen molar-refractivity contribution in [1.82, 2.24) is 5.43 Å². The second kappa shape index (κ2) is 3.70. The maximum atomic E-state index is 11.2. The zero-order valence-electron chi connectivity index (χ0n) is 7.92. The third-order valence-electron chi connectivity index (χ3n) is 2.31. The van der Waals surface area contributed by atoms with Crippen LogP contribution >= 0.6 is 0 Å². The van der Waals surface area contributed by atoms with Crippen molar-refractivity contribution in [3.63, 3.8) is 0 Å². The molecule has 0 aromatic carbocycles. The molecule has 1 saturated carbocycles. The molecule has 1 N–H and O–H groups in total. The number of nitrogens with zero attached hydrogens (tertiary/aromatic N) is 1. The molecule has 0 spiro atoms. The summed E-state index contributed by atoms with van der Waals surface area (Å²) in [5, 5.41) is 3.96. The van der Waals surface area contributed by atoms with Crippen LogP contribution in [0.5, 0.6) is 0 Å². The summed E-state index contributed by atoms with van der Waals surface area (Å²) in [5.74, 6) is 0.857. The number of carbonyl (C=O) groups excluding carboxylic acids is 1. The van der Waals surface area contributed by atoms with Crippen LogP contribution in [0.4, 0.5) is 0 Å². The van der Waals surface area contributed by atoms with E-state index in [2.05, 4.69) is 17.5 Å². The molecule has 0 radical (unpaired) electrons. The third kappa shape index (κ3) is 2.32. The summed E-state index contributed by atoms with van der Waals surface area (Å²) in [5.41, 5.74) is 3.54. The Labute approximate surface area is 73.2 Å². The topological polar surface area (TPSA) is 41.5 Å².